The number of rotatable bonds is 4. The highest BCUT2D eigenvalue weighted by molar-refractivity contribution is 5.14. The normalized spacial score (nSPS) is 27.7. The molecular weight excluding hydrogens is 222 g/mol. The molecule has 3 unspecified atom stereocenters. The van der Waals surface area contributed by atoms with Crippen molar-refractivity contribution in [2.24, 2.45) is 11.8 Å². The van der Waals surface area contributed by atoms with Gasteiger partial charge >= 0.3 is 0 Å². The molecule has 1 aliphatic carbocycles. The van der Waals surface area contributed by atoms with E-state index in [0.717, 1.165) is 32.3 Å². The van der Waals surface area contributed by atoms with Gasteiger partial charge in [0.05, 0.1) is 24.7 Å². The first kappa shape index (κ1) is 13.1. The summed E-state index contributed by atoms with van der Waals surface area (Å²) in [6.45, 7) is 2.97. The van der Waals surface area contributed by atoms with Gasteiger partial charge in [0.2, 0.25) is 0 Å². The van der Waals surface area contributed by atoms with Gasteiger partial charge in [0.25, 0.3) is 0 Å². The fourth-order valence-electron chi connectivity index (χ4n) is 2.63. The molecule has 18 heavy (non-hydrogen) atoms. The summed E-state index contributed by atoms with van der Waals surface area (Å²) in [6.07, 6.45) is 4.27. The highest BCUT2D eigenvalue weighted by atomic mass is 16.5. The Labute approximate surface area is 110 Å². The Hall–Kier alpha value is -1.33. The topological polar surface area (TPSA) is 33.0 Å². The van der Waals surface area contributed by atoms with Crippen LogP contribution in [-0.2, 0) is 11.2 Å². The maximum Gasteiger partial charge on any atom is 0.0735 e. The lowest BCUT2D eigenvalue weighted by atomic mass is 9.81. The lowest BCUT2D eigenvalue weighted by Gasteiger charge is -2.30. The van der Waals surface area contributed by atoms with Gasteiger partial charge < -0.3 is 4.74 Å². The molecule has 2 nitrogen and oxygen atoms in total. The van der Waals surface area contributed by atoms with Gasteiger partial charge in [-0.3, -0.25) is 0 Å². The molecule has 1 fully saturated rings. The predicted molar refractivity (Wildman–Crippen MR) is 72.0 cm³/mol. The molecule has 2 rings (SSSR count). The van der Waals surface area contributed by atoms with Gasteiger partial charge in [-0.05, 0) is 37.2 Å². The van der Waals surface area contributed by atoms with Crippen LogP contribution in [0, 0.1) is 23.2 Å². The van der Waals surface area contributed by atoms with Crippen LogP contribution in [0.3, 0.4) is 0 Å². The summed E-state index contributed by atoms with van der Waals surface area (Å²) in [5.74, 6) is 0.785. The van der Waals surface area contributed by atoms with Crippen LogP contribution in [0.2, 0.25) is 0 Å². The first-order valence-electron chi connectivity index (χ1n) is 6.84. The standard InChI is InChI=1S/C16H21NO/c1-13-7-8-15(12-17)16(11-13)18-10-9-14-5-3-2-4-6-14/h2-6,13,15-16H,7-11H2,1H3. The summed E-state index contributed by atoms with van der Waals surface area (Å²) in [6, 6.07) is 12.8. The zero-order valence-electron chi connectivity index (χ0n) is 11.0. The van der Waals surface area contributed by atoms with Gasteiger partial charge in [0, 0.05) is 0 Å². The Morgan fingerprint density at radius 2 is 2.06 bits per heavy atom. The van der Waals surface area contributed by atoms with Crippen LogP contribution in [0.4, 0.5) is 0 Å². The number of nitrogens with zero attached hydrogens (tertiary/aromatic N) is 1. The smallest absolute Gasteiger partial charge is 0.0735 e. The quantitative estimate of drug-likeness (QED) is 0.810. The third-order valence-corrected chi connectivity index (χ3v) is 3.79. The largest absolute Gasteiger partial charge is 0.377 e. The minimum Gasteiger partial charge on any atom is -0.377 e. The van der Waals surface area contributed by atoms with E-state index in [2.05, 4.69) is 37.3 Å². The summed E-state index contributed by atoms with van der Waals surface area (Å²) in [5.41, 5.74) is 1.30. The minimum absolute atomic E-state index is 0.0944. The first-order valence-corrected chi connectivity index (χ1v) is 6.84. The number of hydrogen-bond donors (Lipinski definition) is 0. The molecule has 1 aliphatic rings. The van der Waals surface area contributed by atoms with Crippen LogP contribution in [-0.4, -0.2) is 12.7 Å². The summed E-state index contributed by atoms with van der Waals surface area (Å²) >= 11 is 0. The SMILES string of the molecule is CC1CCC(C#N)C(OCCc2ccccc2)C1. The molecule has 96 valence electrons. The molecule has 0 saturated heterocycles. The zero-order valence-corrected chi connectivity index (χ0v) is 11.0. The Bertz CT molecular complexity index is 395. The van der Waals surface area contributed by atoms with E-state index in [0.29, 0.717) is 5.92 Å². The average molecular weight is 243 g/mol. The van der Waals surface area contributed by atoms with E-state index in [1.807, 2.05) is 6.07 Å². The highest BCUT2D eigenvalue weighted by Crippen LogP contribution is 2.30. The van der Waals surface area contributed by atoms with Crippen molar-refractivity contribution in [3.05, 3.63) is 35.9 Å². The van der Waals surface area contributed by atoms with Crippen LogP contribution in [0.15, 0.2) is 30.3 Å². The fourth-order valence-corrected chi connectivity index (χ4v) is 2.63. The third kappa shape index (κ3) is 3.58. The zero-order chi connectivity index (χ0) is 12.8. The third-order valence-electron chi connectivity index (χ3n) is 3.79. The predicted octanol–water partition coefficient (Wildman–Crippen LogP) is 3.57. The minimum atomic E-state index is 0.0944. The van der Waals surface area contributed by atoms with E-state index in [4.69, 9.17) is 10.00 Å². The second-order valence-corrected chi connectivity index (χ2v) is 5.30. The van der Waals surface area contributed by atoms with Gasteiger partial charge in [0.1, 0.15) is 0 Å². The molecule has 0 spiro atoms. The maximum atomic E-state index is 9.13. The van der Waals surface area contributed by atoms with Crippen molar-refractivity contribution in [2.75, 3.05) is 6.61 Å². The Kier molecular flexibility index (Phi) is 4.78. The molecule has 3 atom stereocenters. The molecule has 2 heteroatoms. The second-order valence-electron chi connectivity index (χ2n) is 5.30. The Balaban J connectivity index is 1.80. The van der Waals surface area contributed by atoms with Gasteiger partial charge in [0.15, 0.2) is 0 Å². The van der Waals surface area contributed by atoms with Crippen molar-refractivity contribution < 1.29 is 4.74 Å². The molecule has 0 radical (unpaired) electrons. The number of ether oxygens (including phenoxy) is 1. The number of benzene rings is 1. The van der Waals surface area contributed by atoms with E-state index < -0.39 is 0 Å². The van der Waals surface area contributed by atoms with Crippen LogP contribution in [0.25, 0.3) is 0 Å². The van der Waals surface area contributed by atoms with Crippen molar-refractivity contribution in [3.63, 3.8) is 0 Å². The lowest BCUT2D eigenvalue weighted by molar-refractivity contribution is -0.00549. The second kappa shape index (κ2) is 6.56. The van der Waals surface area contributed by atoms with Crippen LogP contribution >= 0.6 is 0 Å². The van der Waals surface area contributed by atoms with Crippen LogP contribution in [0.1, 0.15) is 31.7 Å². The molecule has 1 aromatic carbocycles. The summed E-state index contributed by atoms with van der Waals surface area (Å²) < 4.78 is 5.94. The average Bonchev–Trinajstić information content (AvgIpc) is 2.40. The van der Waals surface area contributed by atoms with Crippen molar-refractivity contribution in [3.8, 4) is 6.07 Å². The van der Waals surface area contributed by atoms with E-state index in [-0.39, 0.29) is 12.0 Å². The van der Waals surface area contributed by atoms with Gasteiger partial charge in [-0.15, -0.1) is 0 Å². The first-order chi connectivity index (χ1) is 8.79. The van der Waals surface area contributed by atoms with Gasteiger partial charge in [-0.1, -0.05) is 37.3 Å². The number of hydrogen-bond acceptors (Lipinski definition) is 2. The number of nitriles is 1. The molecule has 0 N–H and O–H groups in total. The molecule has 0 heterocycles. The molecule has 0 bridgehead atoms. The van der Waals surface area contributed by atoms with E-state index in [1.165, 1.54) is 5.56 Å². The molecule has 1 aromatic rings. The van der Waals surface area contributed by atoms with Gasteiger partial charge in [-0.2, -0.15) is 5.26 Å². The van der Waals surface area contributed by atoms with E-state index in [9.17, 15) is 0 Å². The fraction of sp³-hybridized carbons (Fsp3) is 0.562. The molecular formula is C16H21NO. The van der Waals surface area contributed by atoms with Crippen LogP contribution < -0.4 is 0 Å². The summed E-state index contributed by atoms with van der Waals surface area (Å²) in [7, 11) is 0. The van der Waals surface area contributed by atoms with Crippen molar-refractivity contribution in [1.29, 1.82) is 5.26 Å². The molecule has 1 saturated carbocycles. The summed E-state index contributed by atoms with van der Waals surface area (Å²) in [4.78, 5) is 0. The van der Waals surface area contributed by atoms with Crippen molar-refractivity contribution >= 4 is 0 Å². The van der Waals surface area contributed by atoms with E-state index >= 15 is 0 Å². The molecule has 0 amide bonds. The Morgan fingerprint density at radius 3 is 2.78 bits per heavy atom. The highest BCUT2D eigenvalue weighted by Gasteiger charge is 2.29. The molecule has 0 aromatic heterocycles. The van der Waals surface area contributed by atoms with E-state index in [1.54, 1.807) is 0 Å². The maximum absolute atomic E-state index is 9.13. The summed E-state index contributed by atoms with van der Waals surface area (Å²) in [5, 5.41) is 9.13. The Morgan fingerprint density at radius 1 is 1.28 bits per heavy atom. The lowest BCUT2D eigenvalue weighted by Crippen LogP contribution is -2.30. The van der Waals surface area contributed by atoms with Crippen LogP contribution in [0.5, 0.6) is 0 Å². The molecule has 0 aliphatic heterocycles. The van der Waals surface area contributed by atoms with Crippen molar-refractivity contribution in [1.82, 2.24) is 0 Å². The monoisotopic (exact) mass is 243 g/mol. The van der Waals surface area contributed by atoms with Gasteiger partial charge in [-0.25, -0.2) is 0 Å². The van der Waals surface area contributed by atoms with Crippen molar-refractivity contribution in [2.45, 2.75) is 38.7 Å².